The van der Waals surface area contributed by atoms with E-state index in [2.05, 4.69) is 31.9 Å². The third kappa shape index (κ3) is 4.47. The number of rotatable bonds is 3. The van der Waals surface area contributed by atoms with Crippen molar-refractivity contribution in [3.63, 3.8) is 0 Å². The fourth-order valence-electron chi connectivity index (χ4n) is 1.90. The molecule has 0 spiro atoms. The van der Waals surface area contributed by atoms with Gasteiger partial charge in [0.15, 0.2) is 0 Å². The zero-order valence-corrected chi connectivity index (χ0v) is 14.5. The van der Waals surface area contributed by atoms with Crippen LogP contribution in [0.3, 0.4) is 0 Å². The molecule has 0 bridgehead atoms. The van der Waals surface area contributed by atoms with Gasteiger partial charge in [-0.05, 0) is 41.8 Å². The minimum absolute atomic E-state index is 0.0462. The molecule has 0 aliphatic heterocycles. The molecular formula is C15H10Br2ClF3. The second kappa shape index (κ2) is 6.71. The van der Waals surface area contributed by atoms with E-state index < -0.39 is 11.7 Å². The molecule has 0 nitrogen and oxygen atoms in total. The van der Waals surface area contributed by atoms with Gasteiger partial charge in [0.1, 0.15) is 0 Å². The molecule has 6 heteroatoms. The number of benzene rings is 2. The summed E-state index contributed by atoms with van der Waals surface area (Å²) in [5.41, 5.74) is 0.916. The number of alkyl halides is 4. The summed E-state index contributed by atoms with van der Waals surface area (Å²) < 4.78 is 38.8. The van der Waals surface area contributed by atoms with Crippen LogP contribution in [0, 0.1) is 0 Å². The molecule has 21 heavy (non-hydrogen) atoms. The van der Waals surface area contributed by atoms with Gasteiger partial charge < -0.3 is 0 Å². The molecule has 0 heterocycles. The standard InChI is InChI=1S/C15H10Br2ClF3/c16-13-6-3-10(8-12(13)15(19,20)21)14(17)7-9-1-4-11(18)5-2-9/h1-6,8,14H,7H2. The Balaban J connectivity index is 2.23. The summed E-state index contributed by atoms with van der Waals surface area (Å²) in [6.07, 6.45) is -3.79. The van der Waals surface area contributed by atoms with Crippen LogP contribution in [0.15, 0.2) is 46.9 Å². The summed E-state index contributed by atoms with van der Waals surface area (Å²) in [5, 5.41) is 0.632. The second-order valence-corrected chi connectivity index (χ2v) is 6.93. The van der Waals surface area contributed by atoms with Gasteiger partial charge in [0.05, 0.1) is 5.56 Å². The molecule has 0 radical (unpaired) electrons. The first-order valence-corrected chi connectivity index (χ1v) is 8.11. The summed E-state index contributed by atoms with van der Waals surface area (Å²) in [6, 6.07) is 11.5. The van der Waals surface area contributed by atoms with E-state index in [0.29, 0.717) is 17.0 Å². The van der Waals surface area contributed by atoms with Gasteiger partial charge >= 0.3 is 6.18 Å². The van der Waals surface area contributed by atoms with Gasteiger partial charge in [-0.25, -0.2) is 0 Å². The van der Waals surface area contributed by atoms with Crippen molar-refractivity contribution in [3.8, 4) is 0 Å². The maximum absolute atomic E-state index is 12.9. The summed E-state index contributed by atoms with van der Waals surface area (Å²) in [4.78, 5) is -0.201. The fraction of sp³-hybridized carbons (Fsp3) is 0.200. The number of halogens is 6. The van der Waals surface area contributed by atoms with Crippen molar-refractivity contribution < 1.29 is 13.2 Å². The minimum atomic E-state index is -4.37. The predicted octanol–water partition coefficient (Wildman–Crippen LogP) is 6.80. The van der Waals surface area contributed by atoms with Gasteiger partial charge in [-0.1, -0.05) is 61.7 Å². The quantitative estimate of drug-likeness (QED) is 0.459. The predicted molar refractivity (Wildman–Crippen MR) is 86.0 cm³/mol. The van der Waals surface area contributed by atoms with E-state index in [0.717, 1.165) is 5.56 Å². The molecule has 0 aromatic heterocycles. The SMILES string of the molecule is FC(F)(F)c1cc(C(Br)Cc2ccc(Cl)cc2)ccc1Br. The van der Waals surface area contributed by atoms with Crippen molar-refractivity contribution in [1.29, 1.82) is 0 Å². The molecule has 112 valence electrons. The smallest absolute Gasteiger partial charge is 0.166 e. The van der Waals surface area contributed by atoms with Crippen LogP contribution in [0.1, 0.15) is 21.5 Å². The molecule has 0 amide bonds. The summed E-state index contributed by atoms with van der Waals surface area (Å²) in [7, 11) is 0. The first kappa shape index (κ1) is 16.8. The lowest BCUT2D eigenvalue weighted by atomic mass is 10.0. The van der Waals surface area contributed by atoms with Crippen LogP contribution in [0.2, 0.25) is 5.02 Å². The van der Waals surface area contributed by atoms with Crippen molar-refractivity contribution >= 4 is 43.5 Å². The Labute approximate surface area is 142 Å². The lowest BCUT2D eigenvalue weighted by Gasteiger charge is -2.15. The van der Waals surface area contributed by atoms with Crippen LogP contribution in [0.4, 0.5) is 13.2 Å². The molecule has 2 rings (SSSR count). The number of hydrogen-bond acceptors (Lipinski definition) is 0. The van der Waals surface area contributed by atoms with E-state index in [9.17, 15) is 13.2 Å². The molecule has 2 aromatic rings. The van der Waals surface area contributed by atoms with Crippen LogP contribution < -0.4 is 0 Å². The summed E-state index contributed by atoms with van der Waals surface area (Å²) in [6.45, 7) is 0. The third-order valence-corrected chi connectivity index (χ3v) is 4.78. The van der Waals surface area contributed by atoms with Crippen LogP contribution in [0.5, 0.6) is 0 Å². The first-order valence-electron chi connectivity index (χ1n) is 6.02. The average molecular weight is 443 g/mol. The van der Waals surface area contributed by atoms with E-state index in [1.165, 1.54) is 12.1 Å². The summed E-state index contributed by atoms with van der Waals surface area (Å²) >= 11 is 12.2. The second-order valence-electron chi connectivity index (χ2n) is 4.54. The fourth-order valence-corrected chi connectivity index (χ4v) is 3.16. The van der Waals surface area contributed by atoms with Crippen molar-refractivity contribution in [2.45, 2.75) is 17.4 Å². The van der Waals surface area contributed by atoms with Crippen molar-refractivity contribution in [3.05, 3.63) is 68.7 Å². The van der Waals surface area contributed by atoms with Gasteiger partial charge in [0.25, 0.3) is 0 Å². The van der Waals surface area contributed by atoms with E-state index >= 15 is 0 Å². The lowest BCUT2D eigenvalue weighted by Crippen LogP contribution is -2.07. The monoisotopic (exact) mass is 440 g/mol. The Kier molecular flexibility index (Phi) is 5.38. The van der Waals surface area contributed by atoms with Gasteiger partial charge in [-0.15, -0.1) is 0 Å². The van der Waals surface area contributed by atoms with Crippen molar-refractivity contribution in [2.24, 2.45) is 0 Å². The van der Waals surface area contributed by atoms with Gasteiger partial charge in [-0.2, -0.15) is 13.2 Å². The number of hydrogen-bond donors (Lipinski definition) is 0. The molecule has 0 saturated heterocycles. The maximum atomic E-state index is 12.9. The van der Waals surface area contributed by atoms with Gasteiger partial charge in [-0.3, -0.25) is 0 Å². The summed E-state index contributed by atoms with van der Waals surface area (Å²) in [5.74, 6) is 0. The highest BCUT2D eigenvalue weighted by molar-refractivity contribution is 9.10. The van der Waals surface area contributed by atoms with E-state index in [4.69, 9.17) is 11.6 Å². The molecule has 1 unspecified atom stereocenters. The molecule has 0 fully saturated rings. The van der Waals surface area contributed by atoms with Crippen molar-refractivity contribution in [1.82, 2.24) is 0 Å². The Bertz CT molecular complexity index is 624. The highest BCUT2D eigenvalue weighted by Gasteiger charge is 2.33. The average Bonchev–Trinajstić information content (AvgIpc) is 2.40. The lowest BCUT2D eigenvalue weighted by molar-refractivity contribution is -0.138. The van der Waals surface area contributed by atoms with Crippen LogP contribution >= 0.6 is 43.5 Å². The van der Waals surface area contributed by atoms with Crippen LogP contribution in [-0.2, 0) is 12.6 Å². The molecule has 0 aliphatic rings. The third-order valence-electron chi connectivity index (χ3n) is 2.99. The molecular weight excluding hydrogens is 432 g/mol. The first-order chi connectivity index (χ1) is 9.77. The van der Waals surface area contributed by atoms with Gasteiger partial charge in [0.2, 0.25) is 0 Å². The van der Waals surface area contributed by atoms with E-state index in [-0.39, 0.29) is 9.30 Å². The van der Waals surface area contributed by atoms with Crippen LogP contribution in [-0.4, -0.2) is 0 Å². The Hall–Kier alpha value is -0.520. The Morgan fingerprint density at radius 1 is 1.05 bits per heavy atom. The molecule has 0 N–H and O–H groups in total. The Morgan fingerprint density at radius 3 is 2.24 bits per heavy atom. The molecule has 1 atom stereocenters. The normalized spacial score (nSPS) is 13.2. The van der Waals surface area contributed by atoms with E-state index in [1.807, 2.05) is 12.1 Å². The highest BCUT2D eigenvalue weighted by Crippen LogP contribution is 2.38. The Morgan fingerprint density at radius 2 is 1.67 bits per heavy atom. The molecule has 2 aromatic carbocycles. The van der Waals surface area contributed by atoms with E-state index in [1.54, 1.807) is 18.2 Å². The highest BCUT2D eigenvalue weighted by atomic mass is 79.9. The zero-order chi connectivity index (χ0) is 15.6. The van der Waals surface area contributed by atoms with Gasteiger partial charge in [0, 0.05) is 14.3 Å². The maximum Gasteiger partial charge on any atom is 0.417 e. The van der Waals surface area contributed by atoms with Crippen LogP contribution in [0.25, 0.3) is 0 Å². The largest absolute Gasteiger partial charge is 0.417 e. The molecule has 0 saturated carbocycles. The molecule has 0 aliphatic carbocycles. The minimum Gasteiger partial charge on any atom is -0.166 e. The topological polar surface area (TPSA) is 0 Å². The van der Waals surface area contributed by atoms with Crippen molar-refractivity contribution in [2.75, 3.05) is 0 Å². The zero-order valence-electron chi connectivity index (χ0n) is 10.6.